The molecule has 3 rings (SSSR count). The lowest BCUT2D eigenvalue weighted by molar-refractivity contribution is -0.137. The van der Waals surface area contributed by atoms with Gasteiger partial charge in [-0.05, 0) is 65.8 Å². The van der Waals surface area contributed by atoms with Gasteiger partial charge >= 0.3 is 6.18 Å². The van der Waals surface area contributed by atoms with Gasteiger partial charge in [0.05, 0.1) is 5.56 Å². The minimum Gasteiger partial charge on any atom is -0.399 e. The van der Waals surface area contributed by atoms with Gasteiger partial charge in [-0.2, -0.15) is 13.2 Å². The van der Waals surface area contributed by atoms with Gasteiger partial charge in [-0.15, -0.1) is 0 Å². The number of nitrogens with two attached hydrogens (primary N) is 1. The molecule has 3 aromatic carbocycles. The van der Waals surface area contributed by atoms with E-state index in [1.54, 1.807) is 30.3 Å². The normalized spacial score (nSPS) is 12.8. The van der Waals surface area contributed by atoms with E-state index in [4.69, 9.17) is 5.73 Å². The summed E-state index contributed by atoms with van der Waals surface area (Å²) in [6.07, 6.45) is -2.89. The fourth-order valence-electron chi connectivity index (χ4n) is 4.04. The third-order valence-corrected chi connectivity index (χ3v) is 5.90. The molecule has 0 heterocycles. The minimum absolute atomic E-state index is 0.187. The summed E-state index contributed by atoms with van der Waals surface area (Å²) in [7, 11) is 0. The summed E-state index contributed by atoms with van der Waals surface area (Å²) in [5.74, 6) is 0.0987. The first kappa shape index (κ1) is 24.8. The molecule has 0 aliphatic rings. The fraction of sp³-hybridized carbons (Fsp3) is 0.333. The lowest BCUT2D eigenvalue weighted by Gasteiger charge is -2.24. The van der Waals surface area contributed by atoms with E-state index < -0.39 is 11.7 Å². The van der Waals surface area contributed by atoms with Crippen LogP contribution in [0, 0.1) is 11.7 Å². The third-order valence-electron chi connectivity index (χ3n) is 5.90. The van der Waals surface area contributed by atoms with Gasteiger partial charge in [0.25, 0.3) is 0 Å². The van der Waals surface area contributed by atoms with Crippen molar-refractivity contribution in [1.82, 2.24) is 4.90 Å². The standard InChI is InChI=1S/C27H30F4N2/c1-3-33(17-19(2)8-11-22-14-15-23(32)16-26(22)28)18-20-9-12-21(13-10-20)24-6-4-5-7-25(24)27(29,30)31/h4-7,9-10,12-16,19H,3,8,11,17-18,32H2,1-2H3. The third kappa shape index (κ3) is 6.81. The molecule has 2 nitrogen and oxygen atoms in total. The Morgan fingerprint density at radius 3 is 2.30 bits per heavy atom. The van der Waals surface area contributed by atoms with Crippen molar-refractivity contribution in [1.29, 1.82) is 0 Å². The Labute approximate surface area is 193 Å². The first-order chi connectivity index (χ1) is 15.7. The molecule has 3 aromatic rings. The molecule has 0 radical (unpaired) electrons. The topological polar surface area (TPSA) is 29.3 Å². The molecular formula is C27H30F4N2. The smallest absolute Gasteiger partial charge is 0.399 e. The maximum absolute atomic E-state index is 14.0. The van der Waals surface area contributed by atoms with Crippen LogP contribution in [0.15, 0.2) is 66.7 Å². The summed E-state index contributed by atoms with van der Waals surface area (Å²) in [5, 5.41) is 0. The number of anilines is 1. The van der Waals surface area contributed by atoms with Crippen LogP contribution in [0.4, 0.5) is 23.2 Å². The Kier molecular flexibility index (Phi) is 8.14. The molecule has 0 saturated carbocycles. The molecule has 176 valence electrons. The highest BCUT2D eigenvalue weighted by molar-refractivity contribution is 5.68. The highest BCUT2D eigenvalue weighted by Gasteiger charge is 2.33. The molecule has 0 fully saturated rings. The van der Waals surface area contributed by atoms with Gasteiger partial charge in [-0.25, -0.2) is 4.39 Å². The average molecular weight is 459 g/mol. The molecule has 1 atom stereocenters. The molecule has 0 aliphatic carbocycles. The zero-order chi connectivity index (χ0) is 24.0. The van der Waals surface area contributed by atoms with E-state index in [2.05, 4.69) is 18.7 Å². The second-order valence-corrected chi connectivity index (χ2v) is 8.56. The van der Waals surface area contributed by atoms with Crippen LogP contribution >= 0.6 is 0 Å². The molecule has 0 saturated heterocycles. The minimum atomic E-state index is -4.39. The van der Waals surface area contributed by atoms with Gasteiger partial charge in [-0.1, -0.05) is 62.4 Å². The van der Waals surface area contributed by atoms with Crippen LogP contribution in [0.2, 0.25) is 0 Å². The van der Waals surface area contributed by atoms with Crippen LogP contribution in [0.3, 0.4) is 0 Å². The van der Waals surface area contributed by atoms with Gasteiger partial charge in [-0.3, -0.25) is 4.90 Å². The average Bonchev–Trinajstić information content (AvgIpc) is 2.78. The van der Waals surface area contributed by atoms with Crippen LogP contribution in [0.25, 0.3) is 11.1 Å². The molecule has 0 aromatic heterocycles. The van der Waals surface area contributed by atoms with E-state index in [9.17, 15) is 17.6 Å². The molecule has 33 heavy (non-hydrogen) atoms. The number of benzene rings is 3. The van der Waals surface area contributed by atoms with E-state index >= 15 is 0 Å². The first-order valence-electron chi connectivity index (χ1n) is 11.2. The Balaban J connectivity index is 1.60. The van der Waals surface area contributed by atoms with Crippen molar-refractivity contribution in [3.05, 3.63) is 89.2 Å². The van der Waals surface area contributed by atoms with Crippen molar-refractivity contribution in [3.8, 4) is 11.1 Å². The van der Waals surface area contributed by atoms with Crippen molar-refractivity contribution in [2.24, 2.45) is 5.92 Å². The van der Waals surface area contributed by atoms with Crippen molar-refractivity contribution in [2.45, 2.75) is 39.4 Å². The summed E-state index contributed by atoms with van der Waals surface area (Å²) in [6, 6.07) is 17.7. The highest BCUT2D eigenvalue weighted by atomic mass is 19.4. The van der Waals surface area contributed by atoms with Crippen molar-refractivity contribution in [3.63, 3.8) is 0 Å². The summed E-state index contributed by atoms with van der Waals surface area (Å²) in [6.45, 7) is 6.64. The largest absolute Gasteiger partial charge is 0.417 e. The van der Waals surface area contributed by atoms with E-state index in [0.717, 1.165) is 31.1 Å². The summed E-state index contributed by atoms with van der Waals surface area (Å²) in [4.78, 5) is 2.29. The van der Waals surface area contributed by atoms with Gasteiger partial charge in [0.2, 0.25) is 0 Å². The predicted octanol–water partition coefficient (Wildman–Crippen LogP) is 7.18. The second-order valence-electron chi connectivity index (χ2n) is 8.56. The molecule has 0 amide bonds. The van der Waals surface area contributed by atoms with Crippen LogP contribution in [-0.2, 0) is 19.1 Å². The molecule has 0 aliphatic heterocycles. The van der Waals surface area contributed by atoms with Gasteiger partial charge in [0.15, 0.2) is 0 Å². The summed E-state index contributed by atoms with van der Waals surface area (Å²) in [5.41, 5.74) is 7.87. The van der Waals surface area contributed by atoms with E-state index in [-0.39, 0.29) is 11.4 Å². The number of nitrogen functional groups attached to an aromatic ring is 1. The lowest BCUT2D eigenvalue weighted by atomic mass is 9.98. The van der Waals surface area contributed by atoms with E-state index in [1.807, 2.05) is 12.1 Å². The van der Waals surface area contributed by atoms with Gasteiger partial charge in [0, 0.05) is 18.8 Å². The zero-order valence-electron chi connectivity index (χ0n) is 19.0. The number of hydrogen-bond donors (Lipinski definition) is 1. The van der Waals surface area contributed by atoms with Crippen molar-refractivity contribution >= 4 is 5.69 Å². The van der Waals surface area contributed by atoms with E-state index in [1.165, 1.54) is 18.2 Å². The molecule has 0 bridgehead atoms. The maximum Gasteiger partial charge on any atom is 0.417 e. The van der Waals surface area contributed by atoms with Crippen LogP contribution in [-0.4, -0.2) is 18.0 Å². The summed E-state index contributed by atoms with van der Waals surface area (Å²) >= 11 is 0. The van der Waals surface area contributed by atoms with Crippen LogP contribution in [0.1, 0.15) is 37.0 Å². The zero-order valence-corrected chi connectivity index (χ0v) is 19.0. The number of aryl methyl sites for hydroxylation is 1. The molecular weight excluding hydrogens is 428 g/mol. The number of rotatable bonds is 9. The van der Waals surface area contributed by atoms with Crippen molar-refractivity contribution < 1.29 is 17.6 Å². The maximum atomic E-state index is 14.0. The predicted molar refractivity (Wildman–Crippen MR) is 126 cm³/mol. The van der Waals surface area contributed by atoms with Crippen molar-refractivity contribution in [2.75, 3.05) is 18.8 Å². The van der Waals surface area contributed by atoms with Gasteiger partial charge < -0.3 is 5.73 Å². The first-order valence-corrected chi connectivity index (χ1v) is 11.2. The Hall–Kier alpha value is -2.86. The molecule has 2 N–H and O–H groups in total. The van der Waals surface area contributed by atoms with Crippen LogP contribution < -0.4 is 5.73 Å². The molecule has 6 heteroatoms. The Morgan fingerprint density at radius 2 is 1.67 bits per heavy atom. The number of alkyl halides is 3. The molecule has 1 unspecified atom stereocenters. The Bertz CT molecular complexity index is 1040. The van der Waals surface area contributed by atoms with E-state index in [0.29, 0.717) is 35.7 Å². The second kappa shape index (κ2) is 10.8. The Morgan fingerprint density at radius 1 is 0.970 bits per heavy atom. The monoisotopic (exact) mass is 458 g/mol. The number of nitrogens with zero attached hydrogens (tertiary/aromatic N) is 1. The quantitative estimate of drug-likeness (QED) is 0.272. The molecule has 0 spiro atoms. The number of halogens is 4. The summed E-state index contributed by atoms with van der Waals surface area (Å²) < 4.78 is 54.0. The fourth-order valence-corrected chi connectivity index (χ4v) is 4.04. The van der Waals surface area contributed by atoms with Crippen LogP contribution in [0.5, 0.6) is 0 Å². The lowest BCUT2D eigenvalue weighted by Crippen LogP contribution is -2.28. The highest BCUT2D eigenvalue weighted by Crippen LogP contribution is 2.37. The SMILES string of the molecule is CCN(Cc1ccc(-c2ccccc2C(F)(F)F)cc1)CC(C)CCc1ccc(N)cc1F. The van der Waals surface area contributed by atoms with Gasteiger partial charge in [0.1, 0.15) is 5.82 Å². The number of hydrogen-bond acceptors (Lipinski definition) is 2.